The van der Waals surface area contributed by atoms with Gasteiger partial charge in [0.15, 0.2) is 0 Å². The third-order valence-electron chi connectivity index (χ3n) is 5.56. The first-order chi connectivity index (χ1) is 17.0. The minimum atomic E-state index is -1.20. The Morgan fingerprint density at radius 2 is 1.92 bits per heavy atom. The number of hydrogen-bond acceptors (Lipinski definition) is 8. The molecule has 2 aliphatic rings. The molecule has 5 atom stereocenters. The lowest BCUT2D eigenvalue weighted by Gasteiger charge is -2.53. The van der Waals surface area contributed by atoms with Crippen molar-refractivity contribution in [1.82, 2.24) is 5.01 Å². The van der Waals surface area contributed by atoms with Crippen LogP contribution in [0.3, 0.4) is 0 Å². The maximum Gasteiger partial charge on any atom is 0.329 e. The van der Waals surface area contributed by atoms with E-state index in [1.165, 1.54) is 23.0 Å². The lowest BCUT2D eigenvalue weighted by molar-refractivity contribution is -0.275. The van der Waals surface area contributed by atoms with Gasteiger partial charge < -0.3 is 30.1 Å². The number of fused-ring (bicyclic) bond motifs is 1. The molecule has 8 nitrogen and oxygen atoms in total. The number of carboxylic acids is 1. The first kappa shape index (κ1) is 27.2. The normalized spacial score (nSPS) is 25.7. The van der Waals surface area contributed by atoms with Crippen molar-refractivity contribution in [2.24, 2.45) is 11.6 Å². The molecule has 0 aromatic heterocycles. The van der Waals surface area contributed by atoms with Crippen LogP contribution >= 0.6 is 46.6 Å². The molecule has 0 spiro atoms. The van der Waals surface area contributed by atoms with E-state index < -0.39 is 52.9 Å². The number of ether oxygens (including phenoxy) is 3. The number of nitrogens with two attached hydrogens (primary N) is 2. The van der Waals surface area contributed by atoms with Gasteiger partial charge >= 0.3 is 5.97 Å². The first-order valence-electron chi connectivity index (χ1n) is 10.4. The molecule has 2 aromatic rings. The standard InChI is InChI=1S/C22H20Cl3F2N3O5S/c23-11-2-1-10(5-12(11)24)36-22-21(34-8-17(31)32)19(20-16(35-22)7-33-20)30(29)6-15(28)9-3-13(26)18(25)14(27)4-9/h1-6,16,19-22H,7-8,28-29H2,(H,31,32)/b15-6-. The molecule has 0 bridgehead atoms. The molecule has 2 heterocycles. The van der Waals surface area contributed by atoms with Crippen LogP contribution in [0, 0.1) is 11.6 Å². The Labute approximate surface area is 224 Å². The van der Waals surface area contributed by atoms with Crippen LogP contribution in [0.1, 0.15) is 5.56 Å². The highest BCUT2D eigenvalue weighted by Gasteiger charge is 2.54. The predicted molar refractivity (Wildman–Crippen MR) is 131 cm³/mol. The molecule has 2 fully saturated rings. The van der Waals surface area contributed by atoms with Gasteiger partial charge in [-0.15, -0.1) is 0 Å². The van der Waals surface area contributed by atoms with E-state index in [4.69, 9.17) is 60.6 Å². The van der Waals surface area contributed by atoms with E-state index in [0.717, 1.165) is 12.1 Å². The Morgan fingerprint density at radius 3 is 2.50 bits per heavy atom. The fourth-order valence-electron chi connectivity index (χ4n) is 3.83. The minimum absolute atomic E-state index is 0.00715. The van der Waals surface area contributed by atoms with Gasteiger partial charge in [-0.2, -0.15) is 0 Å². The maximum absolute atomic E-state index is 13.9. The smallest absolute Gasteiger partial charge is 0.329 e. The second-order valence-electron chi connectivity index (χ2n) is 7.98. The van der Waals surface area contributed by atoms with Gasteiger partial charge in [-0.25, -0.2) is 19.4 Å². The van der Waals surface area contributed by atoms with Crippen molar-refractivity contribution in [1.29, 1.82) is 0 Å². The average Bonchev–Trinajstić information content (AvgIpc) is 2.80. The number of benzene rings is 2. The van der Waals surface area contributed by atoms with Crippen LogP contribution in [0.15, 0.2) is 41.4 Å². The van der Waals surface area contributed by atoms with E-state index in [1.807, 2.05) is 0 Å². The Morgan fingerprint density at radius 1 is 1.22 bits per heavy atom. The molecule has 0 radical (unpaired) electrons. The number of halogens is 5. The van der Waals surface area contributed by atoms with Gasteiger partial charge in [-0.05, 0) is 30.3 Å². The maximum atomic E-state index is 13.9. The molecule has 2 aromatic carbocycles. The highest BCUT2D eigenvalue weighted by atomic mass is 35.5. The number of hydrogen-bond donors (Lipinski definition) is 3. The second-order valence-corrected chi connectivity index (χ2v) is 10.3. The molecule has 0 saturated carbocycles. The van der Waals surface area contributed by atoms with Gasteiger partial charge in [0, 0.05) is 16.7 Å². The molecular formula is C22H20Cl3F2N3O5S. The van der Waals surface area contributed by atoms with Crippen LogP contribution < -0.4 is 11.6 Å². The molecule has 0 amide bonds. The van der Waals surface area contributed by atoms with E-state index >= 15 is 0 Å². The minimum Gasteiger partial charge on any atom is -0.480 e. The highest BCUT2D eigenvalue weighted by molar-refractivity contribution is 7.99. The van der Waals surface area contributed by atoms with E-state index in [1.54, 1.807) is 18.2 Å². The Kier molecular flexibility index (Phi) is 8.52. The highest BCUT2D eigenvalue weighted by Crippen LogP contribution is 2.41. The van der Waals surface area contributed by atoms with Crippen LogP contribution in [0.25, 0.3) is 5.70 Å². The SMILES string of the molecule is N/C(=C\N(N)C1C2OCC2OC(Sc2ccc(Cl)c(Cl)c2)C1OCC(=O)O)c1cc(F)c(Cl)c(F)c1. The number of carboxylic acid groups (broad SMARTS) is 1. The molecule has 14 heteroatoms. The van der Waals surface area contributed by atoms with Crippen LogP contribution in [-0.4, -0.2) is 59.1 Å². The molecule has 5 unspecified atom stereocenters. The fourth-order valence-corrected chi connectivity index (χ4v) is 5.47. The summed E-state index contributed by atoms with van der Waals surface area (Å²) in [5.74, 6) is 3.16. The van der Waals surface area contributed by atoms with Crippen LogP contribution in [0.2, 0.25) is 15.1 Å². The lowest BCUT2D eigenvalue weighted by Crippen LogP contribution is -2.70. The second kappa shape index (κ2) is 11.3. The number of aliphatic carboxylic acids is 1. The van der Waals surface area contributed by atoms with Crippen molar-refractivity contribution in [2.75, 3.05) is 13.2 Å². The lowest BCUT2D eigenvalue weighted by atomic mass is 9.92. The molecule has 2 aliphatic heterocycles. The summed E-state index contributed by atoms with van der Waals surface area (Å²) in [6.45, 7) is -0.354. The quantitative estimate of drug-likeness (QED) is 0.240. The summed E-state index contributed by atoms with van der Waals surface area (Å²) < 4.78 is 45.3. The van der Waals surface area contributed by atoms with E-state index in [2.05, 4.69) is 0 Å². The summed E-state index contributed by atoms with van der Waals surface area (Å²) in [5.41, 5.74) is 5.29. The van der Waals surface area contributed by atoms with Crippen LogP contribution in [0.4, 0.5) is 8.78 Å². The topological polar surface area (TPSA) is 120 Å². The van der Waals surface area contributed by atoms with Crippen molar-refractivity contribution < 1.29 is 32.9 Å². The number of thioether (sulfide) groups is 1. The van der Waals surface area contributed by atoms with E-state index in [9.17, 15) is 18.7 Å². The molecule has 2 saturated heterocycles. The Bertz CT molecular complexity index is 1170. The molecule has 5 N–H and O–H groups in total. The summed E-state index contributed by atoms with van der Waals surface area (Å²) >= 11 is 18.9. The number of nitrogens with zero attached hydrogens (tertiary/aromatic N) is 1. The zero-order valence-electron chi connectivity index (χ0n) is 18.2. The summed E-state index contributed by atoms with van der Waals surface area (Å²) in [4.78, 5) is 12.0. The number of hydrazine groups is 1. The van der Waals surface area contributed by atoms with Gasteiger partial charge in [0.2, 0.25) is 0 Å². The third-order valence-corrected chi connectivity index (χ3v) is 7.80. The van der Waals surface area contributed by atoms with Crippen LogP contribution in [-0.2, 0) is 19.0 Å². The van der Waals surface area contributed by atoms with Crippen molar-refractivity contribution in [3.63, 3.8) is 0 Å². The van der Waals surface area contributed by atoms with Gasteiger partial charge in [0.25, 0.3) is 0 Å². The van der Waals surface area contributed by atoms with Crippen molar-refractivity contribution in [3.05, 3.63) is 68.8 Å². The van der Waals surface area contributed by atoms with Crippen molar-refractivity contribution >= 4 is 58.2 Å². The monoisotopic (exact) mass is 581 g/mol. The summed E-state index contributed by atoms with van der Waals surface area (Å²) in [5, 5.41) is 10.4. The van der Waals surface area contributed by atoms with Crippen molar-refractivity contribution in [3.8, 4) is 0 Å². The zero-order valence-corrected chi connectivity index (χ0v) is 21.3. The molecule has 4 rings (SSSR count). The van der Waals surface area contributed by atoms with Crippen LogP contribution in [0.5, 0.6) is 0 Å². The Balaban J connectivity index is 1.64. The number of rotatable bonds is 8. The summed E-state index contributed by atoms with van der Waals surface area (Å²) in [6.07, 6.45) is -0.613. The number of carbonyl (C=O) groups is 1. The largest absolute Gasteiger partial charge is 0.480 e. The van der Waals surface area contributed by atoms with Gasteiger partial charge in [-0.3, -0.25) is 0 Å². The predicted octanol–water partition coefficient (Wildman–Crippen LogP) is 4.11. The average molecular weight is 583 g/mol. The molecule has 0 aliphatic carbocycles. The van der Waals surface area contributed by atoms with Gasteiger partial charge in [0.05, 0.1) is 22.3 Å². The Hall–Kier alpha value is -1.83. The summed E-state index contributed by atoms with van der Waals surface area (Å²) in [6, 6.07) is 6.18. The molecule has 36 heavy (non-hydrogen) atoms. The third kappa shape index (κ3) is 5.84. The van der Waals surface area contributed by atoms with E-state index in [-0.39, 0.29) is 24.0 Å². The van der Waals surface area contributed by atoms with Gasteiger partial charge in [-0.1, -0.05) is 46.6 Å². The van der Waals surface area contributed by atoms with Crippen molar-refractivity contribution in [2.45, 2.75) is 34.7 Å². The molecule has 194 valence electrons. The zero-order chi connectivity index (χ0) is 26.1. The van der Waals surface area contributed by atoms with E-state index in [0.29, 0.717) is 14.9 Å². The first-order valence-corrected chi connectivity index (χ1v) is 12.4. The van der Waals surface area contributed by atoms with Gasteiger partial charge in [0.1, 0.15) is 53.1 Å². The molecular weight excluding hydrogens is 563 g/mol. The summed E-state index contributed by atoms with van der Waals surface area (Å²) in [7, 11) is 0. The fraction of sp³-hybridized carbons (Fsp3) is 0.318.